The number of morpholine rings is 1. The highest BCUT2D eigenvalue weighted by Gasteiger charge is 2.13. The van der Waals surface area contributed by atoms with E-state index in [2.05, 4.69) is 34.3 Å². The van der Waals surface area contributed by atoms with Gasteiger partial charge >= 0.3 is 0 Å². The van der Waals surface area contributed by atoms with E-state index < -0.39 is 0 Å². The number of amides is 1. The third-order valence-corrected chi connectivity index (χ3v) is 4.69. The molecule has 1 aromatic heterocycles. The van der Waals surface area contributed by atoms with Gasteiger partial charge in [-0.15, -0.1) is 0 Å². The fourth-order valence-corrected chi connectivity index (χ4v) is 3.24. The minimum Gasteiger partial charge on any atom is -0.379 e. The first-order valence-corrected chi connectivity index (χ1v) is 9.16. The van der Waals surface area contributed by atoms with Crippen molar-refractivity contribution in [3.05, 3.63) is 41.1 Å². The minimum atomic E-state index is -0.00858. The molecule has 1 fully saturated rings. The molecule has 0 radical (unpaired) electrons. The van der Waals surface area contributed by atoms with Crippen molar-refractivity contribution >= 4 is 16.8 Å². The molecule has 1 saturated heterocycles. The summed E-state index contributed by atoms with van der Waals surface area (Å²) in [6.45, 7) is 9.34. The van der Waals surface area contributed by atoms with E-state index in [1.54, 1.807) is 0 Å². The second-order valence-electron chi connectivity index (χ2n) is 6.58. The minimum absolute atomic E-state index is 0.00858. The van der Waals surface area contributed by atoms with Crippen molar-refractivity contribution in [3.8, 4) is 0 Å². The average Bonchev–Trinajstić information content (AvgIpc) is 2.65. The fraction of sp³-hybridized carbons (Fsp3) is 0.500. The van der Waals surface area contributed by atoms with Gasteiger partial charge in [-0.1, -0.05) is 13.0 Å². The molecule has 134 valence electrons. The number of aromatic nitrogens is 1. The molecule has 1 aromatic carbocycles. The lowest BCUT2D eigenvalue weighted by Crippen LogP contribution is -2.38. The number of hydrogen-bond acceptors (Lipinski definition) is 4. The Kier molecular flexibility index (Phi) is 6.00. The van der Waals surface area contributed by atoms with Gasteiger partial charge in [0.2, 0.25) is 0 Å². The molecule has 0 bridgehead atoms. The Labute approximate surface area is 149 Å². The van der Waals surface area contributed by atoms with E-state index in [9.17, 15) is 4.79 Å². The van der Waals surface area contributed by atoms with E-state index in [-0.39, 0.29) is 5.91 Å². The smallest absolute Gasteiger partial charge is 0.252 e. The lowest BCUT2D eigenvalue weighted by atomic mass is 10.0. The molecule has 3 rings (SSSR count). The number of benzene rings is 1. The summed E-state index contributed by atoms with van der Waals surface area (Å²) in [4.78, 5) is 19.6. The van der Waals surface area contributed by atoms with Crippen LogP contribution in [0.5, 0.6) is 0 Å². The number of aryl methyl sites for hydroxylation is 2. The van der Waals surface area contributed by atoms with Crippen molar-refractivity contribution in [2.45, 2.75) is 26.7 Å². The molecule has 0 saturated carbocycles. The molecule has 0 spiro atoms. The van der Waals surface area contributed by atoms with Crippen LogP contribution >= 0.6 is 0 Å². The first-order chi connectivity index (χ1) is 12.2. The monoisotopic (exact) mass is 341 g/mol. The molecule has 5 heteroatoms. The van der Waals surface area contributed by atoms with Crippen molar-refractivity contribution < 1.29 is 9.53 Å². The molecule has 0 atom stereocenters. The Morgan fingerprint density at radius 1 is 1.28 bits per heavy atom. The Hall–Kier alpha value is -1.98. The van der Waals surface area contributed by atoms with Crippen LogP contribution in [-0.4, -0.2) is 55.2 Å². The Bertz CT molecular complexity index is 739. The van der Waals surface area contributed by atoms with Crippen LogP contribution in [0.3, 0.4) is 0 Å². The quantitative estimate of drug-likeness (QED) is 0.821. The van der Waals surface area contributed by atoms with E-state index in [0.717, 1.165) is 67.8 Å². The maximum atomic E-state index is 12.7. The maximum Gasteiger partial charge on any atom is 0.252 e. The second-order valence-corrected chi connectivity index (χ2v) is 6.58. The van der Waals surface area contributed by atoms with Gasteiger partial charge in [0.15, 0.2) is 0 Å². The molecule has 1 amide bonds. The normalized spacial score (nSPS) is 15.4. The summed E-state index contributed by atoms with van der Waals surface area (Å²) in [6, 6.07) is 8.07. The average molecular weight is 341 g/mol. The molecule has 0 aliphatic carbocycles. The van der Waals surface area contributed by atoms with Crippen molar-refractivity contribution in [2.75, 3.05) is 39.4 Å². The SMILES string of the molecule is CCc1ccc2nc(C)cc(C(=O)NCCCN3CCOCC3)c2c1. The zero-order chi connectivity index (χ0) is 17.6. The molecule has 0 unspecified atom stereocenters. The zero-order valence-electron chi connectivity index (χ0n) is 15.2. The summed E-state index contributed by atoms with van der Waals surface area (Å²) in [5.74, 6) is -0.00858. The van der Waals surface area contributed by atoms with Crippen molar-refractivity contribution in [2.24, 2.45) is 0 Å². The predicted molar refractivity (Wildman–Crippen MR) is 100 cm³/mol. The second kappa shape index (κ2) is 8.41. The van der Waals surface area contributed by atoms with Crippen LogP contribution in [0.2, 0.25) is 0 Å². The number of hydrogen-bond donors (Lipinski definition) is 1. The lowest BCUT2D eigenvalue weighted by Gasteiger charge is -2.26. The molecule has 1 N–H and O–H groups in total. The Morgan fingerprint density at radius 3 is 2.84 bits per heavy atom. The van der Waals surface area contributed by atoms with Crippen molar-refractivity contribution in [1.82, 2.24) is 15.2 Å². The summed E-state index contributed by atoms with van der Waals surface area (Å²) in [7, 11) is 0. The van der Waals surface area contributed by atoms with Gasteiger partial charge in [0, 0.05) is 30.7 Å². The highest BCUT2D eigenvalue weighted by atomic mass is 16.5. The van der Waals surface area contributed by atoms with Gasteiger partial charge in [-0.2, -0.15) is 0 Å². The lowest BCUT2D eigenvalue weighted by molar-refractivity contribution is 0.0374. The van der Waals surface area contributed by atoms with Gasteiger partial charge < -0.3 is 10.1 Å². The highest BCUT2D eigenvalue weighted by molar-refractivity contribution is 6.06. The Morgan fingerprint density at radius 2 is 2.08 bits per heavy atom. The Balaban J connectivity index is 1.64. The first kappa shape index (κ1) is 17.8. The molecular formula is C20H27N3O2. The van der Waals surface area contributed by atoms with Crippen molar-refractivity contribution in [3.63, 3.8) is 0 Å². The summed E-state index contributed by atoms with van der Waals surface area (Å²) >= 11 is 0. The summed E-state index contributed by atoms with van der Waals surface area (Å²) in [5, 5.41) is 4.01. The number of fused-ring (bicyclic) bond motifs is 1. The molecule has 1 aliphatic heterocycles. The molecule has 25 heavy (non-hydrogen) atoms. The standard InChI is InChI=1S/C20H27N3O2/c1-3-16-5-6-19-17(14-16)18(13-15(2)22-19)20(24)21-7-4-8-23-9-11-25-12-10-23/h5-6,13-14H,3-4,7-12H2,1-2H3,(H,21,24). The van der Waals surface area contributed by atoms with Crippen LogP contribution in [0.15, 0.2) is 24.3 Å². The van der Waals surface area contributed by atoms with Gasteiger partial charge in [-0.3, -0.25) is 14.7 Å². The number of ether oxygens (including phenoxy) is 1. The molecule has 5 nitrogen and oxygen atoms in total. The number of carbonyl (C=O) groups is 1. The molecular weight excluding hydrogens is 314 g/mol. The third kappa shape index (κ3) is 4.55. The number of pyridine rings is 1. The topological polar surface area (TPSA) is 54.5 Å². The van der Waals surface area contributed by atoms with Gasteiger partial charge in [0.25, 0.3) is 5.91 Å². The number of rotatable bonds is 6. The fourth-order valence-electron chi connectivity index (χ4n) is 3.24. The van der Waals surface area contributed by atoms with Gasteiger partial charge in [-0.05, 0) is 50.1 Å². The van der Waals surface area contributed by atoms with Crippen LogP contribution in [0.25, 0.3) is 10.9 Å². The van der Waals surface area contributed by atoms with Crippen LogP contribution < -0.4 is 5.32 Å². The summed E-state index contributed by atoms with van der Waals surface area (Å²) in [5.41, 5.74) is 3.70. The van der Waals surface area contributed by atoms with Gasteiger partial charge in [0.1, 0.15) is 0 Å². The van der Waals surface area contributed by atoms with Crippen LogP contribution in [0.1, 0.15) is 35.0 Å². The number of carbonyl (C=O) groups excluding carboxylic acids is 1. The molecule has 1 aliphatic rings. The molecule has 2 aromatic rings. The molecule has 2 heterocycles. The largest absolute Gasteiger partial charge is 0.379 e. The van der Waals surface area contributed by atoms with E-state index >= 15 is 0 Å². The van der Waals surface area contributed by atoms with Gasteiger partial charge in [-0.25, -0.2) is 0 Å². The number of nitrogens with zero attached hydrogens (tertiary/aromatic N) is 2. The van der Waals surface area contributed by atoms with Gasteiger partial charge in [0.05, 0.1) is 24.3 Å². The van der Waals surface area contributed by atoms with Crippen molar-refractivity contribution in [1.29, 1.82) is 0 Å². The van der Waals surface area contributed by atoms with Crippen LogP contribution in [0, 0.1) is 6.92 Å². The number of nitrogens with one attached hydrogen (secondary N) is 1. The summed E-state index contributed by atoms with van der Waals surface area (Å²) in [6.07, 6.45) is 1.90. The van der Waals surface area contributed by atoms with Crippen LogP contribution in [-0.2, 0) is 11.2 Å². The summed E-state index contributed by atoms with van der Waals surface area (Å²) < 4.78 is 5.36. The van der Waals surface area contributed by atoms with E-state index in [0.29, 0.717) is 6.54 Å². The highest BCUT2D eigenvalue weighted by Crippen LogP contribution is 2.20. The third-order valence-electron chi connectivity index (χ3n) is 4.69. The van der Waals surface area contributed by atoms with E-state index in [1.807, 2.05) is 19.1 Å². The van der Waals surface area contributed by atoms with E-state index in [1.165, 1.54) is 5.56 Å². The zero-order valence-corrected chi connectivity index (χ0v) is 15.2. The maximum absolute atomic E-state index is 12.7. The predicted octanol–water partition coefficient (Wildman–Crippen LogP) is 2.56. The van der Waals surface area contributed by atoms with E-state index in [4.69, 9.17) is 4.74 Å². The van der Waals surface area contributed by atoms with Crippen LogP contribution in [0.4, 0.5) is 0 Å². The first-order valence-electron chi connectivity index (χ1n) is 9.16.